The molecule has 0 fully saturated rings. The van der Waals surface area contributed by atoms with Crippen molar-refractivity contribution >= 4 is 23.1 Å². The second kappa shape index (κ2) is 9.98. The van der Waals surface area contributed by atoms with Gasteiger partial charge in [-0.25, -0.2) is 4.79 Å². The van der Waals surface area contributed by atoms with Crippen LogP contribution in [0.1, 0.15) is 49.9 Å². The molecule has 0 spiro atoms. The third kappa shape index (κ3) is 5.21. The van der Waals surface area contributed by atoms with Gasteiger partial charge in [-0.05, 0) is 62.1 Å². The maximum absolute atomic E-state index is 12.5. The summed E-state index contributed by atoms with van der Waals surface area (Å²) in [5.41, 5.74) is 4.09. The molecule has 0 atom stereocenters. The highest BCUT2D eigenvalue weighted by Gasteiger charge is 2.20. The molecule has 2 aromatic rings. The summed E-state index contributed by atoms with van der Waals surface area (Å²) in [6.45, 7) is 7.84. The highest BCUT2D eigenvalue weighted by molar-refractivity contribution is 5.97. The Balaban J connectivity index is 2.23. The van der Waals surface area contributed by atoms with Gasteiger partial charge in [0.05, 0.1) is 17.1 Å². The van der Waals surface area contributed by atoms with Crippen LogP contribution in [0.25, 0.3) is 0 Å². The lowest BCUT2D eigenvalue weighted by Crippen LogP contribution is -2.12. The number of nitrogens with zero attached hydrogens (tertiary/aromatic N) is 1. The molecule has 0 radical (unpaired) electrons. The smallest absolute Gasteiger partial charge is 0.338 e. The average Bonchev–Trinajstić information content (AvgIpc) is 2.67. The molecule has 0 saturated heterocycles. The van der Waals surface area contributed by atoms with Gasteiger partial charge in [0.25, 0.3) is 5.69 Å². The molecule has 2 rings (SSSR count). The lowest BCUT2D eigenvalue weighted by Gasteiger charge is -2.16. The molecular formula is C22H26N2O6. The molecule has 0 aliphatic carbocycles. The first-order valence-corrected chi connectivity index (χ1v) is 9.46. The number of benzene rings is 2. The Morgan fingerprint density at radius 1 is 1.13 bits per heavy atom. The minimum absolute atomic E-state index is 0.0291. The van der Waals surface area contributed by atoms with Crippen molar-refractivity contribution in [3.63, 3.8) is 0 Å². The Hall–Kier alpha value is -3.26. The van der Waals surface area contributed by atoms with Gasteiger partial charge in [0.15, 0.2) is 5.78 Å². The third-order valence-electron chi connectivity index (χ3n) is 4.88. The fourth-order valence-electron chi connectivity index (χ4n) is 3.46. The van der Waals surface area contributed by atoms with Gasteiger partial charge in [0.2, 0.25) is 0 Å². The van der Waals surface area contributed by atoms with Gasteiger partial charge >= 0.3 is 5.97 Å². The van der Waals surface area contributed by atoms with E-state index in [2.05, 4.69) is 5.32 Å². The van der Waals surface area contributed by atoms with E-state index in [1.165, 1.54) is 32.2 Å². The normalized spacial score (nSPS) is 10.6. The number of aryl methyl sites for hydroxylation is 2. The SMILES string of the molecule is COCCNc1ccc(C(=O)OCc2c(C)cc(C)c(C(C)=O)c2C)cc1[N+](=O)[O-]. The zero-order chi connectivity index (χ0) is 22.4. The molecule has 0 amide bonds. The van der Waals surface area contributed by atoms with Gasteiger partial charge in [-0.15, -0.1) is 0 Å². The number of methoxy groups -OCH3 is 1. The molecule has 0 aliphatic heterocycles. The van der Waals surface area contributed by atoms with Gasteiger partial charge in [-0.1, -0.05) is 6.07 Å². The molecule has 0 saturated carbocycles. The van der Waals surface area contributed by atoms with E-state index >= 15 is 0 Å². The summed E-state index contributed by atoms with van der Waals surface area (Å²) in [6, 6.07) is 6.02. The quantitative estimate of drug-likeness (QED) is 0.216. The highest BCUT2D eigenvalue weighted by Crippen LogP contribution is 2.27. The minimum Gasteiger partial charge on any atom is -0.457 e. The monoisotopic (exact) mass is 414 g/mol. The number of carbonyl (C=O) groups is 2. The summed E-state index contributed by atoms with van der Waals surface area (Å²) in [7, 11) is 1.53. The van der Waals surface area contributed by atoms with E-state index in [1.54, 1.807) is 0 Å². The van der Waals surface area contributed by atoms with Crippen molar-refractivity contribution in [2.75, 3.05) is 25.6 Å². The van der Waals surface area contributed by atoms with Crippen LogP contribution in [0.5, 0.6) is 0 Å². The third-order valence-corrected chi connectivity index (χ3v) is 4.88. The Kier molecular flexibility index (Phi) is 7.66. The molecule has 8 nitrogen and oxygen atoms in total. The summed E-state index contributed by atoms with van der Waals surface area (Å²) in [5.74, 6) is -0.727. The summed E-state index contributed by atoms with van der Waals surface area (Å²) < 4.78 is 10.3. The molecule has 8 heteroatoms. The molecule has 0 aromatic heterocycles. The molecule has 0 unspecified atom stereocenters. The molecule has 0 bridgehead atoms. The van der Waals surface area contributed by atoms with Crippen LogP contribution < -0.4 is 5.32 Å². The Bertz CT molecular complexity index is 984. The topological polar surface area (TPSA) is 108 Å². The van der Waals surface area contributed by atoms with Crippen LogP contribution in [0.15, 0.2) is 24.3 Å². The van der Waals surface area contributed by atoms with E-state index in [9.17, 15) is 19.7 Å². The van der Waals surface area contributed by atoms with Gasteiger partial charge in [0, 0.05) is 25.3 Å². The number of esters is 1. The summed E-state index contributed by atoms with van der Waals surface area (Å²) >= 11 is 0. The maximum atomic E-state index is 12.5. The number of hydrogen-bond acceptors (Lipinski definition) is 7. The van der Waals surface area contributed by atoms with Gasteiger partial charge < -0.3 is 14.8 Å². The second-order valence-corrected chi connectivity index (χ2v) is 7.03. The Labute approximate surface area is 175 Å². The Morgan fingerprint density at radius 3 is 2.43 bits per heavy atom. The van der Waals surface area contributed by atoms with Crippen molar-refractivity contribution in [2.45, 2.75) is 34.3 Å². The van der Waals surface area contributed by atoms with Crippen LogP contribution >= 0.6 is 0 Å². The molecule has 160 valence electrons. The number of carbonyl (C=O) groups excluding carboxylic acids is 2. The molecular weight excluding hydrogens is 388 g/mol. The number of hydrogen-bond donors (Lipinski definition) is 1. The number of rotatable bonds is 9. The van der Waals surface area contributed by atoms with Crippen LogP contribution in [0.4, 0.5) is 11.4 Å². The predicted molar refractivity (Wildman–Crippen MR) is 113 cm³/mol. The van der Waals surface area contributed by atoms with Crippen molar-refractivity contribution in [1.29, 1.82) is 0 Å². The van der Waals surface area contributed by atoms with E-state index < -0.39 is 10.9 Å². The average molecular weight is 414 g/mol. The first-order valence-electron chi connectivity index (χ1n) is 9.46. The minimum atomic E-state index is -0.676. The van der Waals surface area contributed by atoms with E-state index in [1.807, 2.05) is 26.8 Å². The van der Waals surface area contributed by atoms with Crippen molar-refractivity contribution in [3.05, 3.63) is 67.8 Å². The second-order valence-electron chi connectivity index (χ2n) is 7.03. The lowest BCUT2D eigenvalue weighted by molar-refractivity contribution is -0.384. The standard InChI is InChI=1S/C22H26N2O6/c1-13-10-14(2)21(16(4)25)15(3)18(13)12-30-22(26)17-6-7-19(23-8-9-29-5)20(11-17)24(27)28/h6-7,10-11,23H,8-9,12H2,1-5H3. The van der Waals surface area contributed by atoms with Crippen LogP contribution in [0.3, 0.4) is 0 Å². The maximum Gasteiger partial charge on any atom is 0.338 e. The molecule has 2 aromatic carbocycles. The molecule has 30 heavy (non-hydrogen) atoms. The Morgan fingerprint density at radius 2 is 1.83 bits per heavy atom. The molecule has 1 N–H and O–H groups in total. The number of ketones is 1. The van der Waals surface area contributed by atoms with Crippen molar-refractivity contribution in [1.82, 2.24) is 0 Å². The number of anilines is 1. The number of nitro groups is 1. The fraction of sp³-hybridized carbons (Fsp3) is 0.364. The first kappa shape index (κ1) is 23.0. The van der Waals surface area contributed by atoms with E-state index in [0.717, 1.165) is 22.3 Å². The van der Waals surface area contributed by atoms with Crippen molar-refractivity contribution in [2.24, 2.45) is 0 Å². The zero-order valence-corrected chi connectivity index (χ0v) is 17.8. The summed E-state index contributed by atoms with van der Waals surface area (Å²) in [4.78, 5) is 35.3. The predicted octanol–water partition coefficient (Wildman–Crippen LogP) is 4.14. The van der Waals surface area contributed by atoms with Gasteiger partial charge in [-0.3, -0.25) is 14.9 Å². The van der Waals surface area contributed by atoms with Crippen LogP contribution in [-0.2, 0) is 16.1 Å². The van der Waals surface area contributed by atoms with Crippen molar-refractivity contribution in [3.8, 4) is 0 Å². The van der Waals surface area contributed by atoms with Crippen LogP contribution in [0.2, 0.25) is 0 Å². The lowest BCUT2D eigenvalue weighted by atomic mass is 9.92. The number of nitrogens with one attached hydrogen (secondary N) is 1. The van der Waals surface area contributed by atoms with Crippen LogP contribution in [-0.4, -0.2) is 36.9 Å². The van der Waals surface area contributed by atoms with Gasteiger partial charge in [0.1, 0.15) is 12.3 Å². The number of ether oxygens (including phenoxy) is 2. The highest BCUT2D eigenvalue weighted by atomic mass is 16.6. The zero-order valence-electron chi connectivity index (χ0n) is 17.8. The van der Waals surface area contributed by atoms with Gasteiger partial charge in [-0.2, -0.15) is 0 Å². The first-order chi connectivity index (χ1) is 14.2. The number of Topliss-reactive ketones (excluding diaryl/α,β-unsaturated/α-hetero) is 1. The fourth-order valence-corrected chi connectivity index (χ4v) is 3.46. The molecule has 0 aliphatic rings. The number of nitro benzene ring substituents is 1. The van der Waals surface area contributed by atoms with Crippen molar-refractivity contribution < 1.29 is 24.0 Å². The summed E-state index contributed by atoms with van der Waals surface area (Å²) in [6.07, 6.45) is 0. The molecule has 0 heterocycles. The largest absolute Gasteiger partial charge is 0.457 e. The summed E-state index contributed by atoms with van der Waals surface area (Å²) in [5, 5.41) is 14.3. The van der Waals surface area contributed by atoms with Crippen LogP contribution in [0, 0.1) is 30.9 Å². The van der Waals surface area contributed by atoms with E-state index in [0.29, 0.717) is 24.4 Å². The van der Waals surface area contributed by atoms with E-state index in [4.69, 9.17) is 9.47 Å². The van der Waals surface area contributed by atoms with E-state index in [-0.39, 0.29) is 23.6 Å².